The molecule has 2 amide bonds. The number of carboxylic acid groups (broad SMARTS) is 1. The largest absolute Gasteiger partial charge is 0.481 e. The number of nitrogens with one attached hydrogen (secondary N) is 1. The summed E-state index contributed by atoms with van der Waals surface area (Å²) < 4.78 is 0. The van der Waals surface area contributed by atoms with Gasteiger partial charge in [-0.3, -0.25) is 14.4 Å². The Hall–Kier alpha value is -2.31. The minimum absolute atomic E-state index is 0. The van der Waals surface area contributed by atoms with Gasteiger partial charge in [0.1, 0.15) is 22.5 Å². The van der Waals surface area contributed by atoms with Gasteiger partial charge in [-0.25, -0.2) is 4.98 Å². The highest BCUT2D eigenvalue weighted by Gasteiger charge is 2.56. The number of hydrogen-bond acceptors (Lipinski definition) is 9. The number of thiazole rings is 1. The maximum absolute atomic E-state index is 12.3. The Labute approximate surface area is 167 Å². The summed E-state index contributed by atoms with van der Waals surface area (Å²) in [5.41, 5.74) is 4.04. The predicted molar refractivity (Wildman–Crippen MR) is 102 cm³/mol. The van der Waals surface area contributed by atoms with Gasteiger partial charge in [0.25, 0.3) is 5.91 Å². The number of nitrogens with two attached hydrogens (primary N) is 1. The van der Waals surface area contributed by atoms with Gasteiger partial charge < -0.3 is 26.3 Å². The van der Waals surface area contributed by atoms with Crippen molar-refractivity contribution in [3.05, 3.63) is 23.7 Å². The average Bonchev–Trinajstić information content (AvgIpc) is 3.05. The number of aliphatic carboxylic acids is 1. The van der Waals surface area contributed by atoms with Gasteiger partial charge in [-0.05, 0) is 0 Å². The van der Waals surface area contributed by atoms with Gasteiger partial charge in [0.15, 0.2) is 10.8 Å². The molecule has 0 spiro atoms. The molecule has 2 fully saturated rings. The molecule has 0 radical (unpaired) electrons. The van der Waals surface area contributed by atoms with Gasteiger partial charge in [0.2, 0.25) is 5.91 Å². The van der Waals surface area contributed by atoms with Crippen LogP contribution >= 0.6 is 35.5 Å². The lowest BCUT2D eigenvalue weighted by Crippen LogP contribution is -2.73. The van der Waals surface area contributed by atoms with Crippen LogP contribution in [0.1, 0.15) is 5.69 Å². The Morgan fingerprint density at radius 1 is 1.56 bits per heavy atom. The van der Waals surface area contributed by atoms with E-state index in [0.29, 0.717) is 0 Å². The Balaban J connectivity index is 0.00000261. The van der Waals surface area contributed by atoms with E-state index in [-0.39, 0.29) is 46.6 Å². The summed E-state index contributed by atoms with van der Waals surface area (Å²) in [5, 5.41) is 25.2. The van der Waals surface area contributed by atoms with E-state index in [1.165, 1.54) is 28.1 Å². The van der Waals surface area contributed by atoms with E-state index in [1.807, 2.05) is 0 Å². The van der Waals surface area contributed by atoms with E-state index in [4.69, 9.17) is 10.9 Å². The highest BCUT2D eigenvalue weighted by Crippen LogP contribution is 2.42. The van der Waals surface area contributed by atoms with Crippen LogP contribution < -0.4 is 11.1 Å². The Bertz CT molecular complexity index is 831. The van der Waals surface area contributed by atoms with Crippen molar-refractivity contribution in [2.24, 2.45) is 10.6 Å². The first kappa shape index (κ1) is 21.0. The summed E-state index contributed by atoms with van der Waals surface area (Å²) in [7, 11) is 0. The van der Waals surface area contributed by atoms with E-state index in [1.54, 1.807) is 0 Å². The van der Waals surface area contributed by atoms with E-state index >= 15 is 0 Å². The number of thioether (sulfide) groups is 1. The lowest BCUT2D eigenvalue weighted by molar-refractivity contribution is -0.156. The van der Waals surface area contributed by atoms with Gasteiger partial charge in [0.05, 0.1) is 0 Å². The lowest BCUT2D eigenvalue weighted by Gasteiger charge is -2.53. The molecule has 146 valence electrons. The zero-order valence-electron chi connectivity index (χ0n) is 13.7. The number of hydrogen-bond donors (Lipinski definition) is 4. The summed E-state index contributed by atoms with van der Waals surface area (Å²) in [6, 6.07) is -0.836. The van der Waals surface area contributed by atoms with Crippen LogP contribution in [0.15, 0.2) is 23.2 Å². The number of carbonyl (C=O) groups excluding carboxylic acids is 2. The Morgan fingerprint density at radius 3 is 2.78 bits per heavy atom. The van der Waals surface area contributed by atoms with Gasteiger partial charge in [-0.2, -0.15) is 0 Å². The number of β-lactam (4-membered cyclic amide) rings is 1. The van der Waals surface area contributed by atoms with Crippen LogP contribution in [-0.2, 0) is 14.4 Å². The van der Waals surface area contributed by atoms with Gasteiger partial charge >= 0.3 is 5.97 Å². The second kappa shape index (κ2) is 7.74. The molecule has 0 saturated carbocycles. The quantitative estimate of drug-likeness (QED) is 0.166. The minimum atomic E-state index is -1.21. The van der Waals surface area contributed by atoms with Crippen molar-refractivity contribution in [3.63, 3.8) is 0 Å². The van der Waals surface area contributed by atoms with Crippen LogP contribution in [0.4, 0.5) is 5.13 Å². The number of carbonyl (C=O) groups is 3. The fourth-order valence-corrected chi connectivity index (χ4v) is 4.84. The molecular formula is C14H16ClN5O5S2. The first-order valence-electron chi connectivity index (χ1n) is 7.36. The van der Waals surface area contributed by atoms with Crippen molar-refractivity contribution in [2.45, 2.75) is 11.4 Å². The topological polar surface area (TPSA) is 158 Å². The standard InChI is InChI=1S/C14H15N5O5S2.ClH/c1-2-14(12(22)23)4-19-10(21)8(11(19)26-5-14)17-9(20)7(18-24)6-3-25-13(15)16-6;/h2-3,8,11,24H,1,4-5H2,(H2,15,16)(H,17,20)(H,22,23);1H/t8?,11-,14?;/m1./s1. The SMILES string of the molecule is C=CC1(C(=O)O)CS[C@@H]2C(NC(=O)C(=NO)c3csc(N)n3)C(=O)N2C1.Cl. The van der Waals surface area contributed by atoms with E-state index in [9.17, 15) is 19.5 Å². The van der Waals surface area contributed by atoms with E-state index in [0.717, 1.165) is 11.3 Å². The number of rotatable bonds is 5. The highest BCUT2D eigenvalue weighted by atomic mass is 35.5. The maximum Gasteiger partial charge on any atom is 0.316 e. The molecule has 2 aliphatic rings. The normalized spacial score (nSPS) is 27.0. The number of oxime groups is 1. The van der Waals surface area contributed by atoms with Crippen LogP contribution in [0, 0.1) is 5.41 Å². The molecule has 3 atom stereocenters. The third kappa shape index (κ3) is 3.47. The van der Waals surface area contributed by atoms with Crippen LogP contribution in [0.5, 0.6) is 0 Å². The molecule has 13 heteroatoms. The smallest absolute Gasteiger partial charge is 0.316 e. The second-order valence-electron chi connectivity index (χ2n) is 5.80. The van der Waals surface area contributed by atoms with Crippen molar-refractivity contribution in [1.82, 2.24) is 15.2 Å². The number of halogens is 1. The molecule has 2 unspecified atom stereocenters. The number of nitrogens with zero attached hydrogens (tertiary/aromatic N) is 3. The number of fused-ring (bicyclic) bond motifs is 1. The average molecular weight is 434 g/mol. The minimum Gasteiger partial charge on any atom is -0.481 e. The van der Waals surface area contributed by atoms with Crippen molar-refractivity contribution in [3.8, 4) is 0 Å². The number of nitrogen functional groups attached to an aromatic ring is 1. The van der Waals surface area contributed by atoms with Gasteiger partial charge in [-0.15, -0.1) is 42.1 Å². The molecule has 5 N–H and O–H groups in total. The van der Waals surface area contributed by atoms with Crippen LogP contribution in [0.3, 0.4) is 0 Å². The molecule has 10 nitrogen and oxygen atoms in total. The molecule has 1 aromatic heterocycles. The predicted octanol–water partition coefficient (Wildman–Crippen LogP) is -0.0177. The molecule has 2 saturated heterocycles. The molecule has 3 heterocycles. The second-order valence-corrected chi connectivity index (χ2v) is 7.80. The van der Waals surface area contributed by atoms with Crippen molar-refractivity contribution in [2.75, 3.05) is 18.0 Å². The number of anilines is 1. The maximum atomic E-state index is 12.3. The molecule has 1 aromatic rings. The zero-order chi connectivity index (χ0) is 19.1. The molecule has 27 heavy (non-hydrogen) atoms. The molecular weight excluding hydrogens is 418 g/mol. The fraction of sp³-hybridized carbons (Fsp3) is 0.357. The summed E-state index contributed by atoms with van der Waals surface area (Å²) in [6.07, 6.45) is 1.33. The van der Waals surface area contributed by atoms with E-state index in [2.05, 4.69) is 22.0 Å². The fourth-order valence-electron chi connectivity index (χ4n) is 2.75. The van der Waals surface area contributed by atoms with Gasteiger partial charge in [-0.1, -0.05) is 11.2 Å². The number of aromatic nitrogens is 1. The Kier molecular flexibility index (Phi) is 6.02. The number of carboxylic acids is 1. The number of amides is 2. The summed E-state index contributed by atoms with van der Waals surface area (Å²) >= 11 is 2.33. The molecule has 2 aliphatic heterocycles. The lowest BCUT2D eigenvalue weighted by atomic mass is 9.87. The summed E-state index contributed by atoms with van der Waals surface area (Å²) in [4.78, 5) is 41.4. The van der Waals surface area contributed by atoms with Crippen LogP contribution in [0.25, 0.3) is 0 Å². The first-order chi connectivity index (χ1) is 12.3. The third-order valence-electron chi connectivity index (χ3n) is 4.29. The van der Waals surface area contributed by atoms with E-state index < -0.39 is 29.2 Å². The highest BCUT2D eigenvalue weighted by molar-refractivity contribution is 8.00. The molecule has 3 rings (SSSR count). The first-order valence-corrected chi connectivity index (χ1v) is 9.29. The van der Waals surface area contributed by atoms with Crippen LogP contribution in [0.2, 0.25) is 0 Å². The van der Waals surface area contributed by atoms with Gasteiger partial charge in [0, 0.05) is 17.7 Å². The summed E-state index contributed by atoms with van der Waals surface area (Å²) in [5.74, 6) is -1.99. The zero-order valence-corrected chi connectivity index (χ0v) is 16.1. The molecule has 0 aliphatic carbocycles. The van der Waals surface area contributed by atoms with Crippen molar-refractivity contribution in [1.29, 1.82) is 0 Å². The summed E-state index contributed by atoms with van der Waals surface area (Å²) in [6.45, 7) is 3.56. The Morgan fingerprint density at radius 2 is 2.26 bits per heavy atom. The third-order valence-corrected chi connectivity index (χ3v) is 6.51. The van der Waals surface area contributed by atoms with Crippen molar-refractivity contribution >= 4 is 64.1 Å². The van der Waals surface area contributed by atoms with Crippen LogP contribution in [-0.4, -0.2) is 67.4 Å². The molecule has 0 bridgehead atoms. The monoisotopic (exact) mass is 433 g/mol. The van der Waals surface area contributed by atoms with Crippen molar-refractivity contribution < 1.29 is 24.7 Å². The molecule has 0 aromatic carbocycles.